The highest BCUT2D eigenvalue weighted by molar-refractivity contribution is 7.93. The molecule has 0 saturated heterocycles. The Morgan fingerprint density at radius 1 is 1.00 bits per heavy atom. The summed E-state index contributed by atoms with van der Waals surface area (Å²) in [5, 5.41) is 2.64. The van der Waals surface area contributed by atoms with E-state index in [4.69, 9.17) is 5.73 Å². The number of nitrogens with one attached hydrogen (secondary N) is 1. The summed E-state index contributed by atoms with van der Waals surface area (Å²) in [6.07, 6.45) is 3.23. The van der Waals surface area contributed by atoms with E-state index >= 15 is 0 Å². The monoisotopic (exact) mass is 582 g/mol. The van der Waals surface area contributed by atoms with Gasteiger partial charge in [0.2, 0.25) is 0 Å². The number of methoxy groups -OCH3 is 2. The lowest BCUT2D eigenvalue weighted by Crippen LogP contribution is -2.15. The fourth-order valence-corrected chi connectivity index (χ4v) is 5.72. The number of nitrogens with zero attached hydrogens (tertiary/aromatic N) is 2. The van der Waals surface area contributed by atoms with Crippen molar-refractivity contribution in [2.75, 3.05) is 36.8 Å². The molecule has 0 saturated carbocycles. The number of amides is 2. The Morgan fingerprint density at radius 2 is 1.62 bits per heavy atom. The van der Waals surface area contributed by atoms with Crippen LogP contribution in [0.2, 0.25) is 0 Å². The zero-order valence-electron chi connectivity index (χ0n) is 22.4. The molecule has 40 heavy (non-hydrogen) atoms. The van der Waals surface area contributed by atoms with Crippen molar-refractivity contribution in [3.63, 3.8) is 0 Å². The quantitative estimate of drug-likeness (QED) is 0.165. The van der Waals surface area contributed by atoms with Crippen molar-refractivity contribution >= 4 is 60.1 Å². The number of benzene rings is 1. The number of rotatable bonds is 12. The lowest BCUT2D eigenvalue weighted by atomic mass is 10.1. The summed E-state index contributed by atoms with van der Waals surface area (Å²) in [5.74, 6) is 4.63. The van der Waals surface area contributed by atoms with Crippen molar-refractivity contribution in [2.24, 2.45) is 4.36 Å². The second-order valence-electron chi connectivity index (χ2n) is 8.62. The summed E-state index contributed by atoms with van der Waals surface area (Å²) in [6, 6.07) is 8.30. The molecule has 0 aliphatic carbocycles. The van der Waals surface area contributed by atoms with Gasteiger partial charge in [0.15, 0.2) is 0 Å². The van der Waals surface area contributed by atoms with Crippen molar-refractivity contribution in [3.8, 4) is 11.8 Å². The van der Waals surface area contributed by atoms with Crippen LogP contribution < -0.4 is 11.1 Å². The largest absolute Gasteiger partial charge is 0.469 e. The average molecular weight is 583 g/mol. The molecule has 0 aliphatic heterocycles. The third kappa shape index (κ3) is 11.6. The van der Waals surface area contributed by atoms with Gasteiger partial charge in [-0.3, -0.25) is 14.4 Å². The Kier molecular flexibility index (Phi) is 13.3. The molecule has 13 heteroatoms. The maximum absolute atomic E-state index is 13.6. The van der Waals surface area contributed by atoms with Gasteiger partial charge in [-0.1, -0.05) is 17.9 Å². The lowest BCUT2D eigenvalue weighted by molar-refractivity contribution is -0.141. The first kappa shape index (κ1) is 32.5. The highest BCUT2D eigenvalue weighted by atomic mass is 32.2. The van der Waals surface area contributed by atoms with Gasteiger partial charge in [-0.25, -0.2) is 9.19 Å². The molecule has 0 fully saturated rings. The molecule has 11 nitrogen and oxygen atoms in total. The fraction of sp³-hybridized carbons (Fsp3) is 0.370. The van der Waals surface area contributed by atoms with Crippen LogP contribution >= 0.6 is 0 Å². The van der Waals surface area contributed by atoms with Gasteiger partial charge in [0.1, 0.15) is 10.6 Å². The number of nitrogens with two attached hydrogens (primary N) is 1. The van der Waals surface area contributed by atoms with Gasteiger partial charge in [-0.2, -0.15) is 4.36 Å². The van der Waals surface area contributed by atoms with Crippen molar-refractivity contribution in [3.05, 3.63) is 53.2 Å². The van der Waals surface area contributed by atoms with Crippen LogP contribution in [0.25, 0.3) is 0 Å². The number of carbonyl (C=O) groups is 4. The molecule has 1 aromatic heterocycles. The number of unbranched alkanes of at least 4 members (excludes halogenated alkanes) is 2. The normalized spacial score (nSPS) is 10.6. The van der Waals surface area contributed by atoms with Crippen molar-refractivity contribution in [1.82, 2.24) is 4.98 Å². The molecule has 0 spiro atoms. The molecule has 2 amide bonds. The minimum atomic E-state index is -3.00. The first-order valence-corrected chi connectivity index (χ1v) is 14.8. The molecule has 2 rings (SSSR count). The van der Waals surface area contributed by atoms with Gasteiger partial charge < -0.3 is 25.3 Å². The van der Waals surface area contributed by atoms with E-state index in [1.54, 1.807) is 24.3 Å². The molecule has 3 N–H and O–H groups in total. The van der Waals surface area contributed by atoms with Gasteiger partial charge in [0.25, 0.3) is 22.2 Å². The van der Waals surface area contributed by atoms with Crippen LogP contribution in [0.15, 0.2) is 40.9 Å². The van der Waals surface area contributed by atoms with E-state index < -0.39 is 15.6 Å². The first-order chi connectivity index (χ1) is 19.0. The molecule has 210 valence electrons. The second kappa shape index (κ2) is 16.4. The van der Waals surface area contributed by atoms with Crippen LogP contribution in [0.4, 0.5) is 16.3 Å². The number of aromatic nitrogens is 1. The zero-order valence-corrected chi connectivity index (χ0v) is 24.4. The Hall–Kier alpha value is -3.71. The summed E-state index contributed by atoms with van der Waals surface area (Å²) >= 11 is 2.03. The number of pyridine rings is 1. The second-order valence-corrected chi connectivity index (χ2v) is 11.7. The number of esters is 2. The molecule has 0 aliphatic rings. The maximum Gasteiger partial charge on any atom is 0.305 e. The SMILES string of the molecule is COC(=O)CCCCS(=O)(CCCCC(=O)OC)=NC(=O)c1cnc(N)c(C#Cc2cccc(N[C](=O)[Al])c2)c1. The van der Waals surface area contributed by atoms with E-state index in [0.717, 1.165) is 0 Å². The lowest BCUT2D eigenvalue weighted by Gasteiger charge is -2.10. The molecule has 1 aromatic carbocycles. The number of anilines is 2. The summed E-state index contributed by atoms with van der Waals surface area (Å²) in [5.41, 5.74) is 7.47. The molecular formula is C27H31AlN4O7S. The molecule has 2 radical (unpaired) electrons. The van der Waals surface area contributed by atoms with Crippen molar-refractivity contribution in [2.45, 2.75) is 38.5 Å². The van der Waals surface area contributed by atoms with Crippen molar-refractivity contribution < 1.29 is 32.9 Å². The van der Waals surface area contributed by atoms with Gasteiger partial charge in [-0.15, -0.1) is 0 Å². The fourth-order valence-electron chi connectivity index (χ4n) is 3.44. The summed E-state index contributed by atoms with van der Waals surface area (Å²) in [7, 11) is -0.411. The highest BCUT2D eigenvalue weighted by Gasteiger charge is 2.16. The van der Waals surface area contributed by atoms with Crippen LogP contribution in [0.5, 0.6) is 0 Å². The van der Waals surface area contributed by atoms with Gasteiger partial charge in [0, 0.05) is 41.8 Å². The summed E-state index contributed by atoms with van der Waals surface area (Å²) in [4.78, 5) is 51.2. The first-order valence-electron chi connectivity index (χ1n) is 12.4. The molecule has 0 bridgehead atoms. The number of hydrogen-bond donors (Lipinski definition) is 2. The zero-order chi connectivity index (χ0) is 29.5. The standard InChI is InChI=1S/C27H31N4O7S.Al/c1-37-24(33)10-3-5-14-39(36,15-6-4-11-25(34)38-2)31-27(35)22-17-21(26(28)29-18-22)13-12-20-8-7-9-23(16-20)30-19-32;/h7-9,16-18H,3-6,10-11,14-15H2,1-2H3,(H2,28,29)(H,30,32);. The molecule has 2 aromatic rings. The van der Waals surface area contributed by atoms with Crippen LogP contribution in [0, 0.1) is 11.8 Å². The Morgan fingerprint density at radius 3 is 2.20 bits per heavy atom. The number of hydrogen-bond acceptors (Lipinski definition) is 9. The third-order valence-corrected chi connectivity index (χ3v) is 8.03. The summed E-state index contributed by atoms with van der Waals surface area (Å²) in [6.45, 7) is 0. The topological polar surface area (TPSA) is 167 Å². The van der Waals surface area contributed by atoms with Crippen molar-refractivity contribution in [1.29, 1.82) is 0 Å². The Bertz CT molecular complexity index is 1400. The van der Waals surface area contributed by atoms with Gasteiger partial charge >= 0.3 is 11.9 Å². The molecule has 0 atom stereocenters. The van der Waals surface area contributed by atoms with E-state index in [9.17, 15) is 23.4 Å². The maximum atomic E-state index is 13.6. The minimum absolute atomic E-state index is 0.0689. The van der Waals surface area contributed by atoms with Gasteiger partial charge in [-0.05, 0) is 49.9 Å². The highest BCUT2D eigenvalue weighted by Crippen LogP contribution is 2.15. The Labute approximate surface area is 242 Å². The molecule has 1 heterocycles. The van der Waals surface area contributed by atoms with E-state index in [0.29, 0.717) is 36.9 Å². The van der Waals surface area contributed by atoms with Crippen LogP contribution in [0.1, 0.15) is 60.0 Å². The summed E-state index contributed by atoms with van der Waals surface area (Å²) < 4.78 is 26.7. The van der Waals surface area contributed by atoms with Crippen LogP contribution in [-0.2, 0) is 28.8 Å². The third-order valence-electron chi connectivity index (χ3n) is 5.53. The van der Waals surface area contributed by atoms with E-state index in [2.05, 4.69) is 36.0 Å². The number of ether oxygens (including phenoxy) is 2. The predicted octanol–water partition coefficient (Wildman–Crippen LogP) is 3.06. The van der Waals surface area contributed by atoms with Crippen LogP contribution in [0.3, 0.4) is 0 Å². The van der Waals surface area contributed by atoms with E-state index in [1.807, 2.05) is 16.3 Å². The average Bonchev–Trinajstić information content (AvgIpc) is 2.92. The predicted molar refractivity (Wildman–Crippen MR) is 152 cm³/mol. The minimum Gasteiger partial charge on any atom is -0.469 e. The van der Waals surface area contributed by atoms with E-state index in [-0.39, 0.29) is 58.0 Å². The molecule has 0 unspecified atom stereocenters. The molecular weight excluding hydrogens is 551 g/mol. The smallest absolute Gasteiger partial charge is 0.305 e. The van der Waals surface area contributed by atoms with Crippen LogP contribution in [-0.4, -0.2) is 73.8 Å². The van der Waals surface area contributed by atoms with Gasteiger partial charge in [0.05, 0.1) is 35.1 Å². The number of carbonyl (C=O) groups excluding carboxylic acids is 4. The Balaban J connectivity index is 2.26. The van der Waals surface area contributed by atoms with E-state index in [1.165, 1.54) is 26.5 Å². The number of nitrogen functional groups attached to an aromatic ring is 1.